The molecule has 1 aromatic rings. The zero-order chi connectivity index (χ0) is 10.2. The van der Waals surface area contributed by atoms with Crippen molar-refractivity contribution in [1.29, 1.82) is 0 Å². The van der Waals surface area contributed by atoms with Crippen molar-refractivity contribution in [2.45, 2.75) is 45.1 Å². The van der Waals surface area contributed by atoms with Crippen LogP contribution in [0, 0.1) is 12.8 Å². The maximum atomic E-state index is 6.40. The Morgan fingerprint density at radius 2 is 2.14 bits per heavy atom. The number of aromatic nitrogens is 1. The van der Waals surface area contributed by atoms with Crippen LogP contribution in [0.1, 0.15) is 42.5 Å². The van der Waals surface area contributed by atoms with Crippen molar-refractivity contribution in [2.75, 3.05) is 0 Å². The molecule has 2 rings (SSSR count). The summed E-state index contributed by atoms with van der Waals surface area (Å²) in [5.41, 5.74) is 6.28. The van der Waals surface area contributed by atoms with Gasteiger partial charge in [0.1, 0.15) is 5.01 Å². The van der Waals surface area contributed by atoms with E-state index >= 15 is 0 Å². The lowest BCUT2D eigenvalue weighted by Crippen LogP contribution is -2.39. The van der Waals surface area contributed by atoms with Crippen LogP contribution in [0.25, 0.3) is 0 Å². The average molecular weight is 210 g/mol. The lowest BCUT2D eigenvalue weighted by atomic mass is 9.78. The largest absolute Gasteiger partial charge is 0.319 e. The van der Waals surface area contributed by atoms with Crippen molar-refractivity contribution in [3.63, 3.8) is 0 Å². The first-order valence-electron chi connectivity index (χ1n) is 5.32. The molecule has 2 nitrogen and oxygen atoms in total. The van der Waals surface area contributed by atoms with Crippen molar-refractivity contribution in [2.24, 2.45) is 11.7 Å². The van der Waals surface area contributed by atoms with E-state index in [9.17, 15) is 0 Å². The molecule has 1 saturated carbocycles. The molecule has 0 aliphatic heterocycles. The molecule has 3 heteroatoms. The van der Waals surface area contributed by atoms with Gasteiger partial charge in [-0.3, -0.25) is 0 Å². The number of aryl methyl sites for hydroxylation is 1. The van der Waals surface area contributed by atoms with Crippen LogP contribution in [0.3, 0.4) is 0 Å². The van der Waals surface area contributed by atoms with E-state index in [1.54, 1.807) is 11.3 Å². The molecule has 78 valence electrons. The molecule has 1 aromatic heterocycles. The Hall–Kier alpha value is -0.410. The predicted octanol–water partition coefficient (Wildman–Crippen LogP) is 2.82. The van der Waals surface area contributed by atoms with Crippen LogP contribution in [0.2, 0.25) is 0 Å². The van der Waals surface area contributed by atoms with Crippen molar-refractivity contribution in [3.8, 4) is 0 Å². The molecule has 0 aromatic carbocycles. The maximum absolute atomic E-state index is 6.40. The Labute approximate surface area is 89.5 Å². The molecule has 0 atom stereocenters. The molecule has 0 bridgehead atoms. The zero-order valence-corrected chi connectivity index (χ0v) is 9.73. The number of thiazole rings is 1. The van der Waals surface area contributed by atoms with Gasteiger partial charge in [-0.15, -0.1) is 11.3 Å². The maximum Gasteiger partial charge on any atom is 0.113 e. The Balaban J connectivity index is 2.16. The van der Waals surface area contributed by atoms with Crippen LogP contribution in [0.4, 0.5) is 0 Å². The van der Waals surface area contributed by atoms with Crippen LogP contribution in [0.15, 0.2) is 6.20 Å². The molecule has 1 aliphatic carbocycles. The van der Waals surface area contributed by atoms with E-state index in [1.165, 1.54) is 17.7 Å². The Kier molecular flexibility index (Phi) is 2.62. The van der Waals surface area contributed by atoms with E-state index in [0.717, 1.165) is 23.8 Å². The van der Waals surface area contributed by atoms with Crippen LogP contribution in [-0.4, -0.2) is 4.98 Å². The first-order chi connectivity index (χ1) is 6.60. The summed E-state index contributed by atoms with van der Waals surface area (Å²) in [5.74, 6) is 0.840. The highest BCUT2D eigenvalue weighted by atomic mass is 32.1. The molecule has 14 heavy (non-hydrogen) atoms. The third kappa shape index (κ3) is 1.84. The highest BCUT2D eigenvalue weighted by molar-refractivity contribution is 7.11. The number of nitrogens with zero attached hydrogens (tertiary/aromatic N) is 1. The van der Waals surface area contributed by atoms with Gasteiger partial charge in [-0.25, -0.2) is 4.98 Å². The lowest BCUT2D eigenvalue weighted by molar-refractivity contribution is 0.247. The molecular formula is C11H18N2S. The van der Waals surface area contributed by atoms with Crippen molar-refractivity contribution < 1.29 is 0 Å². The second-order valence-electron chi connectivity index (χ2n) is 4.61. The number of rotatable bonds is 1. The van der Waals surface area contributed by atoms with E-state index in [4.69, 9.17) is 5.73 Å². The van der Waals surface area contributed by atoms with Gasteiger partial charge in [0.2, 0.25) is 0 Å². The van der Waals surface area contributed by atoms with Crippen molar-refractivity contribution in [3.05, 3.63) is 16.1 Å². The van der Waals surface area contributed by atoms with Gasteiger partial charge in [-0.1, -0.05) is 6.92 Å². The Bertz CT molecular complexity index is 311. The minimum atomic E-state index is -0.120. The molecule has 2 N–H and O–H groups in total. The summed E-state index contributed by atoms with van der Waals surface area (Å²) < 4.78 is 0. The standard InChI is InChI=1S/C11H18N2S/c1-8-3-5-11(12,6-4-8)10-13-7-9(2)14-10/h7-8H,3-6,12H2,1-2H3. The topological polar surface area (TPSA) is 38.9 Å². The lowest BCUT2D eigenvalue weighted by Gasteiger charge is -2.34. The fourth-order valence-electron chi connectivity index (χ4n) is 2.08. The minimum Gasteiger partial charge on any atom is -0.319 e. The van der Waals surface area contributed by atoms with Gasteiger partial charge in [0, 0.05) is 11.1 Å². The third-order valence-corrected chi connectivity index (χ3v) is 4.35. The van der Waals surface area contributed by atoms with Crippen molar-refractivity contribution >= 4 is 11.3 Å². The molecule has 1 aliphatic rings. The van der Waals surface area contributed by atoms with Crippen molar-refractivity contribution in [1.82, 2.24) is 4.98 Å². The van der Waals surface area contributed by atoms with Gasteiger partial charge in [-0.05, 0) is 38.5 Å². The van der Waals surface area contributed by atoms with E-state index < -0.39 is 0 Å². The van der Waals surface area contributed by atoms with Gasteiger partial charge < -0.3 is 5.73 Å². The Morgan fingerprint density at radius 1 is 1.50 bits per heavy atom. The minimum absolute atomic E-state index is 0.120. The van der Waals surface area contributed by atoms with Crippen LogP contribution >= 0.6 is 11.3 Å². The fourth-order valence-corrected chi connectivity index (χ4v) is 3.00. The summed E-state index contributed by atoms with van der Waals surface area (Å²) in [6.07, 6.45) is 6.62. The smallest absolute Gasteiger partial charge is 0.113 e. The number of hydrogen-bond donors (Lipinski definition) is 1. The number of hydrogen-bond acceptors (Lipinski definition) is 3. The molecule has 0 amide bonds. The highest BCUT2D eigenvalue weighted by Crippen LogP contribution is 2.38. The third-order valence-electron chi connectivity index (χ3n) is 3.21. The van der Waals surface area contributed by atoms with Gasteiger partial charge >= 0.3 is 0 Å². The van der Waals surface area contributed by atoms with E-state index in [2.05, 4.69) is 18.8 Å². The first-order valence-corrected chi connectivity index (χ1v) is 6.13. The predicted molar refractivity (Wildman–Crippen MR) is 60.3 cm³/mol. The average Bonchev–Trinajstić information content (AvgIpc) is 2.58. The Morgan fingerprint density at radius 3 is 2.64 bits per heavy atom. The monoisotopic (exact) mass is 210 g/mol. The summed E-state index contributed by atoms with van der Waals surface area (Å²) in [4.78, 5) is 5.70. The molecule has 0 saturated heterocycles. The molecule has 0 spiro atoms. The second-order valence-corrected chi connectivity index (χ2v) is 5.85. The fraction of sp³-hybridized carbons (Fsp3) is 0.727. The van der Waals surface area contributed by atoms with E-state index in [-0.39, 0.29) is 5.54 Å². The SMILES string of the molecule is Cc1cnc(C2(N)CCC(C)CC2)s1. The normalized spacial score (nSPS) is 33.2. The van der Waals surface area contributed by atoms with Crippen LogP contribution in [0.5, 0.6) is 0 Å². The zero-order valence-electron chi connectivity index (χ0n) is 8.92. The van der Waals surface area contributed by atoms with E-state index in [0.29, 0.717) is 0 Å². The van der Waals surface area contributed by atoms with Crippen LogP contribution in [-0.2, 0) is 5.54 Å². The molecule has 1 fully saturated rings. The highest BCUT2D eigenvalue weighted by Gasteiger charge is 2.34. The molecule has 0 unspecified atom stereocenters. The quantitative estimate of drug-likeness (QED) is 0.774. The summed E-state index contributed by atoms with van der Waals surface area (Å²) in [6, 6.07) is 0. The summed E-state index contributed by atoms with van der Waals surface area (Å²) in [6.45, 7) is 4.41. The van der Waals surface area contributed by atoms with Gasteiger partial charge in [0.05, 0.1) is 5.54 Å². The molecule has 0 radical (unpaired) electrons. The summed E-state index contributed by atoms with van der Waals surface area (Å²) in [7, 11) is 0. The van der Waals surface area contributed by atoms with Gasteiger partial charge in [0.25, 0.3) is 0 Å². The first kappa shape index (κ1) is 10.1. The summed E-state index contributed by atoms with van der Waals surface area (Å²) >= 11 is 1.76. The second kappa shape index (κ2) is 3.63. The summed E-state index contributed by atoms with van der Waals surface area (Å²) in [5, 5.41) is 1.14. The van der Waals surface area contributed by atoms with Gasteiger partial charge in [0.15, 0.2) is 0 Å². The number of nitrogens with two attached hydrogens (primary N) is 1. The molecular weight excluding hydrogens is 192 g/mol. The molecule has 1 heterocycles. The van der Waals surface area contributed by atoms with Crippen LogP contribution < -0.4 is 5.73 Å². The van der Waals surface area contributed by atoms with Gasteiger partial charge in [-0.2, -0.15) is 0 Å². The van der Waals surface area contributed by atoms with E-state index in [1.807, 2.05) is 6.20 Å².